The lowest BCUT2D eigenvalue weighted by atomic mass is 9.90. The van der Waals surface area contributed by atoms with Gasteiger partial charge in [0.15, 0.2) is 6.23 Å². The van der Waals surface area contributed by atoms with Crippen LogP contribution in [0.25, 0.3) is 15.8 Å². The van der Waals surface area contributed by atoms with Crippen LogP contribution in [0, 0.1) is 12.8 Å². The van der Waals surface area contributed by atoms with Gasteiger partial charge in [-0.2, -0.15) is 0 Å². The lowest BCUT2D eigenvalue weighted by molar-refractivity contribution is -0.260. The molecule has 2 aliphatic heterocycles. The number of hydrogen-bond acceptors (Lipinski definition) is 8. The quantitative estimate of drug-likeness (QED) is 0.582. The first-order valence-electron chi connectivity index (χ1n) is 10.00. The number of rotatable bonds is 3. The third-order valence-corrected chi connectivity index (χ3v) is 7.12. The minimum Gasteiger partial charge on any atom is -0.394 e. The molecule has 1 saturated heterocycles. The second-order valence-corrected chi connectivity index (χ2v) is 9.06. The van der Waals surface area contributed by atoms with E-state index in [-0.39, 0.29) is 12.0 Å². The van der Waals surface area contributed by atoms with Crippen molar-refractivity contribution in [3.8, 4) is 0 Å². The average Bonchev–Trinajstić information content (AvgIpc) is 3.33. The number of thiazole rings is 1. The summed E-state index contributed by atoms with van der Waals surface area (Å²) in [5.41, 5.74) is 3.13. The highest BCUT2D eigenvalue weighted by atomic mass is 32.1. The largest absolute Gasteiger partial charge is 0.394 e. The maximum atomic E-state index is 10.6. The first-order chi connectivity index (χ1) is 14.5. The molecule has 5 rings (SSSR count). The molecule has 8 heteroatoms. The van der Waals surface area contributed by atoms with Crippen molar-refractivity contribution in [3.05, 3.63) is 59.3 Å². The average molecular weight is 429 g/mol. The maximum absolute atomic E-state index is 10.6. The predicted octanol–water partition coefficient (Wildman–Crippen LogP) is 1.17. The SMILES string of the molecule is Cc1ccc2nc(C3=CN(C4OC(CO)C(O)C(O)C4O)C4C=CC=CC34)sc2c1. The molecule has 0 amide bonds. The molecule has 2 aromatic rings. The van der Waals surface area contributed by atoms with E-state index < -0.39 is 37.3 Å². The third kappa shape index (κ3) is 3.11. The normalized spacial score (nSPS) is 35.7. The highest BCUT2D eigenvalue weighted by Crippen LogP contribution is 2.43. The van der Waals surface area contributed by atoms with Gasteiger partial charge in [0, 0.05) is 17.7 Å². The first kappa shape index (κ1) is 19.9. The van der Waals surface area contributed by atoms with Gasteiger partial charge in [-0.05, 0) is 24.6 Å². The van der Waals surface area contributed by atoms with Gasteiger partial charge in [0.25, 0.3) is 0 Å². The molecule has 7 nitrogen and oxygen atoms in total. The number of ether oxygens (including phenoxy) is 1. The van der Waals surface area contributed by atoms with Crippen LogP contribution >= 0.6 is 11.3 Å². The molecule has 1 fully saturated rings. The van der Waals surface area contributed by atoms with Gasteiger partial charge in [0.2, 0.25) is 0 Å². The Balaban J connectivity index is 1.54. The molecular formula is C22H24N2O5S. The number of hydrogen-bond donors (Lipinski definition) is 4. The van der Waals surface area contributed by atoms with Crippen molar-refractivity contribution in [2.45, 2.75) is 43.6 Å². The van der Waals surface area contributed by atoms with E-state index in [1.54, 1.807) is 11.3 Å². The smallest absolute Gasteiger partial charge is 0.159 e. The second kappa shape index (κ2) is 7.56. The fraction of sp³-hybridized carbons (Fsp3) is 0.409. The number of aliphatic hydroxyl groups excluding tert-OH is 4. The van der Waals surface area contributed by atoms with Gasteiger partial charge in [0.05, 0.1) is 22.9 Å². The predicted molar refractivity (Wildman–Crippen MR) is 113 cm³/mol. The Labute approximate surface area is 177 Å². The molecule has 7 unspecified atom stereocenters. The van der Waals surface area contributed by atoms with Crippen molar-refractivity contribution in [1.82, 2.24) is 9.88 Å². The summed E-state index contributed by atoms with van der Waals surface area (Å²) in [6.07, 6.45) is 4.01. The van der Waals surface area contributed by atoms with Crippen molar-refractivity contribution in [2.75, 3.05) is 6.61 Å². The van der Waals surface area contributed by atoms with Gasteiger partial charge in [-0.15, -0.1) is 11.3 Å². The van der Waals surface area contributed by atoms with E-state index in [4.69, 9.17) is 9.72 Å². The van der Waals surface area contributed by atoms with Crippen LogP contribution in [-0.4, -0.2) is 73.6 Å². The lowest BCUT2D eigenvalue weighted by Gasteiger charge is -2.45. The summed E-state index contributed by atoms with van der Waals surface area (Å²) in [5.74, 6) is 0.0176. The molecule has 4 N–H and O–H groups in total. The van der Waals surface area contributed by atoms with Crippen molar-refractivity contribution in [2.24, 2.45) is 5.92 Å². The Hall–Kier alpha value is -2.07. The molecular weight excluding hydrogens is 404 g/mol. The maximum Gasteiger partial charge on any atom is 0.159 e. The molecule has 3 aliphatic rings. The summed E-state index contributed by atoms with van der Waals surface area (Å²) in [4.78, 5) is 6.68. The fourth-order valence-corrected chi connectivity index (χ4v) is 5.55. The van der Waals surface area contributed by atoms with E-state index in [1.165, 1.54) is 5.56 Å². The van der Waals surface area contributed by atoms with Gasteiger partial charge >= 0.3 is 0 Å². The van der Waals surface area contributed by atoms with Crippen LogP contribution in [0.3, 0.4) is 0 Å². The van der Waals surface area contributed by atoms with Crippen LogP contribution in [0.4, 0.5) is 0 Å². The zero-order valence-electron chi connectivity index (χ0n) is 16.4. The highest BCUT2D eigenvalue weighted by Gasteiger charge is 2.49. The Morgan fingerprint density at radius 2 is 1.90 bits per heavy atom. The molecule has 0 spiro atoms. The monoisotopic (exact) mass is 428 g/mol. The zero-order valence-corrected chi connectivity index (χ0v) is 17.2. The number of allylic oxidation sites excluding steroid dienone is 2. The van der Waals surface area contributed by atoms with E-state index in [2.05, 4.69) is 19.1 Å². The first-order valence-corrected chi connectivity index (χ1v) is 10.8. The number of nitrogens with zero attached hydrogens (tertiary/aromatic N) is 2. The molecule has 1 aliphatic carbocycles. The lowest BCUT2D eigenvalue weighted by Crippen LogP contribution is -2.63. The van der Waals surface area contributed by atoms with Crippen LogP contribution in [-0.2, 0) is 4.74 Å². The summed E-state index contributed by atoms with van der Waals surface area (Å²) < 4.78 is 6.93. The Kier molecular flexibility index (Phi) is 5.01. The minimum absolute atomic E-state index is 0.0176. The van der Waals surface area contributed by atoms with Gasteiger partial charge in [0.1, 0.15) is 29.4 Å². The van der Waals surface area contributed by atoms with Crippen LogP contribution in [0.15, 0.2) is 48.7 Å². The number of aryl methyl sites for hydroxylation is 1. The second-order valence-electron chi connectivity index (χ2n) is 8.03. The van der Waals surface area contributed by atoms with Crippen LogP contribution in [0.2, 0.25) is 0 Å². The third-order valence-electron chi connectivity index (χ3n) is 6.05. The zero-order chi connectivity index (χ0) is 21.0. The summed E-state index contributed by atoms with van der Waals surface area (Å²) in [6.45, 7) is 1.60. The standard InChI is InChI=1S/C22H24N2O5S/c1-11-6-7-14-17(8-11)30-21(23-14)13-9-24(15-5-3-2-4-12(13)15)22-20(28)19(27)18(26)16(10-25)29-22/h2-9,12,15-16,18-20,22,25-28H,10H2,1H3. The van der Waals surface area contributed by atoms with Gasteiger partial charge in [-0.3, -0.25) is 0 Å². The summed E-state index contributed by atoms with van der Waals surface area (Å²) in [6, 6.07) is 6.06. The van der Waals surface area contributed by atoms with Crippen LogP contribution < -0.4 is 0 Å². The van der Waals surface area contributed by atoms with Gasteiger partial charge in [-0.1, -0.05) is 30.4 Å². The van der Waals surface area contributed by atoms with Crippen LogP contribution in [0.5, 0.6) is 0 Å². The number of fused-ring (bicyclic) bond motifs is 2. The molecule has 7 atom stereocenters. The molecule has 30 heavy (non-hydrogen) atoms. The highest BCUT2D eigenvalue weighted by molar-refractivity contribution is 7.19. The summed E-state index contributed by atoms with van der Waals surface area (Å²) >= 11 is 1.62. The van der Waals surface area contributed by atoms with E-state index in [9.17, 15) is 20.4 Å². The van der Waals surface area contributed by atoms with Crippen LogP contribution in [0.1, 0.15) is 10.6 Å². The minimum atomic E-state index is -1.41. The fourth-order valence-electron chi connectivity index (χ4n) is 4.43. The topological polar surface area (TPSA) is 106 Å². The Morgan fingerprint density at radius 3 is 2.70 bits per heavy atom. The van der Waals surface area contributed by atoms with Crippen molar-refractivity contribution in [3.63, 3.8) is 0 Å². The van der Waals surface area contributed by atoms with Gasteiger partial charge in [-0.25, -0.2) is 4.98 Å². The molecule has 0 radical (unpaired) electrons. The summed E-state index contributed by atoms with van der Waals surface area (Å²) in [7, 11) is 0. The van der Waals surface area contributed by atoms with E-state index >= 15 is 0 Å². The number of benzene rings is 1. The molecule has 0 saturated carbocycles. The number of aromatic nitrogens is 1. The number of aliphatic hydroxyl groups is 4. The van der Waals surface area contributed by atoms with E-state index in [1.807, 2.05) is 41.5 Å². The van der Waals surface area contributed by atoms with Crippen molar-refractivity contribution in [1.29, 1.82) is 0 Å². The summed E-state index contributed by atoms with van der Waals surface area (Å²) in [5, 5.41) is 41.4. The Bertz CT molecular complexity index is 1050. The Morgan fingerprint density at radius 1 is 1.10 bits per heavy atom. The van der Waals surface area contributed by atoms with Crippen molar-refractivity contribution >= 4 is 27.1 Å². The van der Waals surface area contributed by atoms with E-state index in [0.29, 0.717) is 0 Å². The van der Waals surface area contributed by atoms with Gasteiger partial charge < -0.3 is 30.1 Å². The van der Waals surface area contributed by atoms with Crippen molar-refractivity contribution < 1.29 is 25.2 Å². The molecule has 158 valence electrons. The molecule has 3 heterocycles. The molecule has 1 aromatic heterocycles. The van der Waals surface area contributed by atoms with E-state index in [0.717, 1.165) is 20.8 Å². The molecule has 1 aromatic carbocycles. The molecule has 0 bridgehead atoms.